The first kappa shape index (κ1) is 19.5. The Kier molecular flexibility index (Phi) is 5.97. The summed E-state index contributed by atoms with van der Waals surface area (Å²) in [5.41, 5.74) is 11.2. The smallest absolute Gasteiger partial charge is 0.269 e. The van der Waals surface area contributed by atoms with Crippen LogP contribution in [-0.4, -0.2) is 37.2 Å². The van der Waals surface area contributed by atoms with Crippen LogP contribution >= 0.6 is 0 Å². The van der Waals surface area contributed by atoms with Gasteiger partial charge in [0.15, 0.2) is 0 Å². The molecule has 0 bridgehead atoms. The van der Waals surface area contributed by atoms with Gasteiger partial charge in [-0.1, -0.05) is 24.3 Å². The zero-order valence-electron chi connectivity index (χ0n) is 15.6. The molecule has 2 aromatic rings. The minimum Gasteiger partial charge on any atom is -0.378 e. The number of hydrogen-bond donors (Lipinski definition) is 3. The molecule has 1 saturated heterocycles. The minimum atomic E-state index is -0.488. The van der Waals surface area contributed by atoms with Gasteiger partial charge in [-0.3, -0.25) is 14.9 Å². The number of carbonyl (C=O) groups excluding carboxylic acids is 1. The number of hydrazine groups is 1. The van der Waals surface area contributed by atoms with Crippen LogP contribution in [0.15, 0.2) is 53.6 Å². The summed E-state index contributed by atoms with van der Waals surface area (Å²) >= 11 is 0. The maximum atomic E-state index is 12.3. The maximum Gasteiger partial charge on any atom is 0.269 e. The van der Waals surface area contributed by atoms with Crippen LogP contribution in [0.25, 0.3) is 0 Å². The molecule has 3 N–H and O–H groups in total. The predicted octanol–water partition coefficient (Wildman–Crippen LogP) is 1.72. The Morgan fingerprint density at radius 1 is 1.25 bits per heavy atom. The Bertz CT molecular complexity index is 881. The number of non-ortho nitro benzene ring substituents is 1. The van der Waals surface area contributed by atoms with E-state index in [-0.39, 0.29) is 17.6 Å². The van der Waals surface area contributed by atoms with Crippen molar-refractivity contribution in [1.29, 1.82) is 0 Å². The Morgan fingerprint density at radius 2 is 2.00 bits per heavy atom. The number of nitrogens with zero attached hydrogens (tertiary/aromatic N) is 3. The van der Waals surface area contributed by atoms with Crippen LogP contribution in [0.1, 0.15) is 23.6 Å². The summed E-state index contributed by atoms with van der Waals surface area (Å²) in [7, 11) is 3.93. The molecule has 0 saturated carbocycles. The molecule has 0 aliphatic carbocycles. The molecule has 9 nitrogen and oxygen atoms in total. The number of nitro groups is 1. The highest BCUT2D eigenvalue weighted by molar-refractivity contribution is 5.85. The van der Waals surface area contributed by atoms with Crippen molar-refractivity contribution >= 4 is 23.5 Å². The van der Waals surface area contributed by atoms with Crippen LogP contribution in [-0.2, 0) is 4.79 Å². The van der Waals surface area contributed by atoms with Gasteiger partial charge in [0.25, 0.3) is 11.6 Å². The zero-order valence-corrected chi connectivity index (χ0v) is 15.6. The van der Waals surface area contributed by atoms with Gasteiger partial charge >= 0.3 is 0 Å². The minimum absolute atomic E-state index is 0.0251. The van der Waals surface area contributed by atoms with Crippen LogP contribution in [0.5, 0.6) is 0 Å². The fourth-order valence-corrected chi connectivity index (χ4v) is 2.91. The largest absolute Gasteiger partial charge is 0.378 e. The summed E-state index contributed by atoms with van der Waals surface area (Å²) in [6.07, 6.45) is 2.04. The number of nitrogens with one attached hydrogen (secondary N) is 3. The number of nitro benzene ring substituents is 1. The van der Waals surface area contributed by atoms with Gasteiger partial charge in [-0.05, 0) is 29.7 Å². The summed E-state index contributed by atoms with van der Waals surface area (Å²) in [6.45, 7) is 0. The van der Waals surface area contributed by atoms with Gasteiger partial charge < -0.3 is 4.90 Å². The SMILES string of the molecule is CN(C)c1ccc(/C=N/NC(=O)C2CC(c3cccc([N+](=O)[O-])c3)NN2)cc1. The molecule has 28 heavy (non-hydrogen) atoms. The van der Waals surface area contributed by atoms with E-state index in [1.165, 1.54) is 12.1 Å². The van der Waals surface area contributed by atoms with Crippen LogP contribution in [0.2, 0.25) is 0 Å². The lowest BCUT2D eigenvalue weighted by Crippen LogP contribution is -2.41. The number of carbonyl (C=O) groups is 1. The lowest BCUT2D eigenvalue weighted by atomic mass is 10.0. The molecule has 1 aliphatic rings. The highest BCUT2D eigenvalue weighted by Gasteiger charge is 2.30. The average molecular weight is 382 g/mol. The van der Waals surface area contributed by atoms with Crippen molar-refractivity contribution in [2.24, 2.45) is 5.10 Å². The molecule has 9 heteroatoms. The summed E-state index contributed by atoms with van der Waals surface area (Å²) in [4.78, 5) is 24.8. The molecule has 3 rings (SSSR count). The number of benzene rings is 2. The van der Waals surface area contributed by atoms with Crippen molar-refractivity contribution in [2.75, 3.05) is 19.0 Å². The Morgan fingerprint density at radius 3 is 2.68 bits per heavy atom. The molecule has 1 fully saturated rings. The summed E-state index contributed by atoms with van der Waals surface area (Å²) in [5.74, 6) is -0.276. The summed E-state index contributed by atoms with van der Waals surface area (Å²) < 4.78 is 0. The van der Waals surface area contributed by atoms with Gasteiger partial charge in [-0.2, -0.15) is 5.10 Å². The summed E-state index contributed by atoms with van der Waals surface area (Å²) in [5, 5.41) is 14.9. The Hall–Kier alpha value is -3.30. The van der Waals surface area contributed by atoms with E-state index in [0.717, 1.165) is 16.8 Å². The van der Waals surface area contributed by atoms with E-state index in [1.807, 2.05) is 43.3 Å². The van der Waals surface area contributed by atoms with Gasteiger partial charge in [-0.15, -0.1) is 0 Å². The van der Waals surface area contributed by atoms with Crippen molar-refractivity contribution < 1.29 is 9.72 Å². The number of amides is 1. The standard InChI is InChI=1S/C19H22N6O3/c1-24(2)15-8-6-13(7-9-15)12-20-23-19(26)18-11-17(21-22-18)14-4-3-5-16(10-14)25(27)28/h3-10,12,17-18,21-22H,11H2,1-2H3,(H,23,26)/b20-12+. The highest BCUT2D eigenvalue weighted by atomic mass is 16.6. The van der Waals surface area contributed by atoms with Gasteiger partial charge in [0.1, 0.15) is 6.04 Å². The molecule has 0 radical (unpaired) electrons. The van der Waals surface area contributed by atoms with Crippen LogP contribution in [0, 0.1) is 10.1 Å². The normalized spacial score (nSPS) is 18.9. The second-order valence-corrected chi connectivity index (χ2v) is 6.70. The zero-order chi connectivity index (χ0) is 20.1. The van der Waals surface area contributed by atoms with Crippen LogP contribution in [0.3, 0.4) is 0 Å². The van der Waals surface area contributed by atoms with E-state index >= 15 is 0 Å². The fraction of sp³-hybridized carbons (Fsp3) is 0.263. The monoisotopic (exact) mass is 382 g/mol. The second-order valence-electron chi connectivity index (χ2n) is 6.70. The first-order valence-corrected chi connectivity index (χ1v) is 8.80. The Balaban J connectivity index is 1.54. The molecule has 2 aromatic carbocycles. The molecule has 0 aromatic heterocycles. The quantitative estimate of drug-likeness (QED) is 0.398. The molecule has 1 heterocycles. The van der Waals surface area contributed by atoms with Gasteiger partial charge in [0.2, 0.25) is 0 Å². The van der Waals surface area contributed by atoms with Crippen molar-refractivity contribution in [1.82, 2.24) is 16.3 Å². The lowest BCUT2D eigenvalue weighted by molar-refractivity contribution is -0.384. The molecule has 146 valence electrons. The third-order valence-corrected chi connectivity index (χ3v) is 4.50. The number of hydrazone groups is 1. The second kappa shape index (κ2) is 8.59. The number of anilines is 1. The maximum absolute atomic E-state index is 12.3. The third kappa shape index (κ3) is 4.70. The molecule has 2 unspecified atom stereocenters. The van der Waals surface area contributed by atoms with Crippen LogP contribution < -0.4 is 21.2 Å². The van der Waals surface area contributed by atoms with Crippen molar-refractivity contribution in [3.05, 3.63) is 69.8 Å². The van der Waals surface area contributed by atoms with E-state index in [2.05, 4.69) is 21.4 Å². The lowest BCUT2D eigenvalue weighted by Gasteiger charge is -2.11. The first-order valence-electron chi connectivity index (χ1n) is 8.80. The summed E-state index contributed by atoms with van der Waals surface area (Å²) in [6, 6.07) is 13.5. The van der Waals surface area contributed by atoms with E-state index in [0.29, 0.717) is 6.42 Å². The molecule has 1 aliphatic heterocycles. The molecule has 1 amide bonds. The highest BCUT2D eigenvalue weighted by Crippen LogP contribution is 2.25. The van der Waals surface area contributed by atoms with Gasteiger partial charge in [0.05, 0.1) is 11.1 Å². The van der Waals surface area contributed by atoms with E-state index < -0.39 is 11.0 Å². The number of hydrogen-bond acceptors (Lipinski definition) is 7. The fourth-order valence-electron chi connectivity index (χ4n) is 2.91. The average Bonchev–Trinajstić information content (AvgIpc) is 3.19. The van der Waals surface area contributed by atoms with E-state index in [1.54, 1.807) is 18.3 Å². The Labute approximate surface area is 162 Å². The van der Waals surface area contributed by atoms with Crippen molar-refractivity contribution in [2.45, 2.75) is 18.5 Å². The topological polar surface area (TPSA) is 112 Å². The van der Waals surface area contributed by atoms with Gasteiger partial charge in [0, 0.05) is 38.0 Å². The molecular formula is C19H22N6O3. The van der Waals surface area contributed by atoms with Crippen molar-refractivity contribution in [3.63, 3.8) is 0 Å². The van der Waals surface area contributed by atoms with Crippen LogP contribution in [0.4, 0.5) is 11.4 Å². The van der Waals surface area contributed by atoms with E-state index in [9.17, 15) is 14.9 Å². The molecule has 0 spiro atoms. The molecule has 2 atom stereocenters. The van der Waals surface area contributed by atoms with E-state index in [4.69, 9.17) is 0 Å². The van der Waals surface area contributed by atoms with Crippen molar-refractivity contribution in [3.8, 4) is 0 Å². The van der Waals surface area contributed by atoms with Gasteiger partial charge in [-0.25, -0.2) is 16.3 Å². The first-order chi connectivity index (χ1) is 13.4. The molecular weight excluding hydrogens is 360 g/mol. The third-order valence-electron chi connectivity index (χ3n) is 4.50. The predicted molar refractivity (Wildman–Crippen MR) is 107 cm³/mol. The number of rotatable bonds is 6.